The lowest BCUT2D eigenvalue weighted by atomic mass is 9.60. The van der Waals surface area contributed by atoms with Gasteiger partial charge in [-0.2, -0.15) is 0 Å². The first kappa shape index (κ1) is 20.2. The molecule has 0 heterocycles. The number of hydrogen-bond donors (Lipinski definition) is 0. The van der Waals surface area contributed by atoms with Crippen LogP contribution in [0.25, 0.3) is 0 Å². The first-order valence-electron chi connectivity index (χ1n) is 12.0. The molecule has 0 bridgehead atoms. The number of halogens is 1. The fraction of sp³-hybridized carbons (Fsp3) is 0.769. The summed E-state index contributed by atoms with van der Waals surface area (Å²) in [5, 5.41) is 0. The highest BCUT2D eigenvalue weighted by Crippen LogP contribution is 2.50. The van der Waals surface area contributed by atoms with Crippen LogP contribution >= 0.6 is 0 Å². The molecule has 0 radical (unpaired) electrons. The molecule has 1 aromatic rings. The van der Waals surface area contributed by atoms with Gasteiger partial charge in [-0.1, -0.05) is 32.3 Å². The van der Waals surface area contributed by atoms with Crippen molar-refractivity contribution in [2.24, 2.45) is 29.6 Å². The molecule has 0 saturated heterocycles. The molecule has 1 nitrogen and oxygen atoms in total. The molecule has 4 atom stereocenters. The van der Waals surface area contributed by atoms with Gasteiger partial charge in [0.25, 0.3) is 0 Å². The van der Waals surface area contributed by atoms with Gasteiger partial charge >= 0.3 is 0 Å². The van der Waals surface area contributed by atoms with Gasteiger partial charge in [0.05, 0.1) is 7.11 Å². The molecular weight excluding hydrogens is 347 g/mol. The van der Waals surface area contributed by atoms with Crippen LogP contribution in [0.15, 0.2) is 18.2 Å². The van der Waals surface area contributed by atoms with Crippen LogP contribution in [-0.2, 0) is 0 Å². The van der Waals surface area contributed by atoms with E-state index in [0.29, 0.717) is 11.7 Å². The summed E-state index contributed by atoms with van der Waals surface area (Å²) in [6.07, 6.45) is 16.7. The third-order valence-electron chi connectivity index (χ3n) is 8.55. The molecule has 0 aliphatic heterocycles. The van der Waals surface area contributed by atoms with Crippen molar-refractivity contribution < 1.29 is 9.13 Å². The first-order valence-corrected chi connectivity index (χ1v) is 12.0. The largest absolute Gasteiger partial charge is 0.497 e. The van der Waals surface area contributed by atoms with E-state index in [-0.39, 0.29) is 5.82 Å². The van der Waals surface area contributed by atoms with Gasteiger partial charge in [0.2, 0.25) is 0 Å². The number of methoxy groups -OCH3 is 1. The third-order valence-corrected chi connectivity index (χ3v) is 8.55. The van der Waals surface area contributed by atoms with E-state index < -0.39 is 0 Å². The lowest BCUT2D eigenvalue weighted by molar-refractivity contribution is 0.0617. The second-order valence-corrected chi connectivity index (χ2v) is 10.1. The Labute approximate surface area is 171 Å². The molecule has 0 amide bonds. The van der Waals surface area contributed by atoms with Gasteiger partial charge < -0.3 is 4.74 Å². The van der Waals surface area contributed by atoms with Crippen LogP contribution in [0.4, 0.5) is 4.39 Å². The van der Waals surface area contributed by atoms with Gasteiger partial charge in [-0.15, -0.1) is 0 Å². The molecule has 4 unspecified atom stereocenters. The Morgan fingerprint density at radius 3 is 2.18 bits per heavy atom. The van der Waals surface area contributed by atoms with Crippen molar-refractivity contribution in [2.45, 2.75) is 89.9 Å². The molecular formula is C26H39FO. The van der Waals surface area contributed by atoms with Crippen LogP contribution in [0.2, 0.25) is 0 Å². The molecule has 156 valence electrons. The Morgan fingerprint density at radius 2 is 1.50 bits per heavy atom. The Morgan fingerprint density at radius 1 is 0.857 bits per heavy atom. The molecule has 28 heavy (non-hydrogen) atoms. The van der Waals surface area contributed by atoms with E-state index in [1.807, 2.05) is 12.1 Å². The smallest absolute Gasteiger partial charge is 0.130 e. The minimum atomic E-state index is -0.0767. The van der Waals surface area contributed by atoms with Crippen LogP contribution in [0.1, 0.15) is 95.5 Å². The van der Waals surface area contributed by atoms with Gasteiger partial charge in [0.15, 0.2) is 0 Å². The SMILES string of the molecule is CCCC1CCC2CC(C3CCC(c4ccc(OC)cc4F)CC3)CCC2C1. The Hall–Kier alpha value is -1.05. The van der Waals surface area contributed by atoms with Crippen molar-refractivity contribution in [3.05, 3.63) is 29.6 Å². The summed E-state index contributed by atoms with van der Waals surface area (Å²) in [6, 6.07) is 5.43. The van der Waals surface area contributed by atoms with Crippen LogP contribution in [0.3, 0.4) is 0 Å². The van der Waals surface area contributed by atoms with Crippen molar-refractivity contribution in [1.82, 2.24) is 0 Å². The van der Waals surface area contributed by atoms with E-state index in [1.165, 1.54) is 64.2 Å². The van der Waals surface area contributed by atoms with E-state index in [1.54, 1.807) is 13.2 Å². The van der Waals surface area contributed by atoms with Crippen LogP contribution < -0.4 is 4.74 Å². The van der Waals surface area contributed by atoms with Crippen LogP contribution in [0, 0.1) is 35.4 Å². The normalized spacial score (nSPS) is 36.0. The van der Waals surface area contributed by atoms with Crippen molar-refractivity contribution in [2.75, 3.05) is 7.11 Å². The molecule has 0 aromatic heterocycles. The average Bonchev–Trinajstić information content (AvgIpc) is 2.73. The molecule has 1 aromatic carbocycles. The summed E-state index contributed by atoms with van der Waals surface area (Å²) in [5.74, 6) is 5.88. The summed E-state index contributed by atoms with van der Waals surface area (Å²) in [5.41, 5.74) is 0.914. The Bertz CT molecular complexity index is 633. The van der Waals surface area contributed by atoms with Crippen LogP contribution in [0.5, 0.6) is 5.75 Å². The summed E-state index contributed by atoms with van der Waals surface area (Å²) in [6.45, 7) is 2.34. The fourth-order valence-electron chi connectivity index (χ4n) is 6.99. The maximum Gasteiger partial charge on any atom is 0.130 e. The van der Waals surface area contributed by atoms with Crippen LogP contribution in [-0.4, -0.2) is 7.11 Å². The monoisotopic (exact) mass is 386 g/mol. The van der Waals surface area contributed by atoms with Crippen molar-refractivity contribution in [3.63, 3.8) is 0 Å². The number of ether oxygens (including phenoxy) is 1. The molecule has 0 spiro atoms. The molecule has 0 N–H and O–H groups in total. The zero-order chi connectivity index (χ0) is 19.5. The van der Waals surface area contributed by atoms with Gasteiger partial charge in [-0.25, -0.2) is 4.39 Å². The van der Waals surface area contributed by atoms with E-state index in [4.69, 9.17) is 4.74 Å². The fourth-order valence-corrected chi connectivity index (χ4v) is 6.99. The number of rotatable bonds is 5. The number of fused-ring (bicyclic) bond motifs is 1. The average molecular weight is 387 g/mol. The van der Waals surface area contributed by atoms with E-state index in [2.05, 4.69) is 6.92 Å². The quantitative estimate of drug-likeness (QED) is 0.503. The first-order chi connectivity index (χ1) is 13.7. The topological polar surface area (TPSA) is 9.23 Å². The van der Waals surface area contributed by atoms with Gasteiger partial charge in [0.1, 0.15) is 11.6 Å². The summed E-state index contributed by atoms with van der Waals surface area (Å²) < 4.78 is 19.6. The van der Waals surface area contributed by atoms with Gasteiger partial charge in [0, 0.05) is 6.07 Å². The maximum absolute atomic E-state index is 14.5. The second kappa shape index (κ2) is 9.18. The Balaban J connectivity index is 1.29. The van der Waals surface area contributed by atoms with E-state index >= 15 is 0 Å². The summed E-state index contributed by atoms with van der Waals surface area (Å²) in [7, 11) is 1.60. The highest BCUT2D eigenvalue weighted by Gasteiger charge is 2.38. The minimum Gasteiger partial charge on any atom is -0.497 e. The van der Waals surface area contributed by atoms with Crippen molar-refractivity contribution in [1.29, 1.82) is 0 Å². The predicted octanol–water partition coefficient (Wildman–Crippen LogP) is 7.74. The zero-order valence-corrected chi connectivity index (χ0v) is 18.0. The molecule has 3 saturated carbocycles. The standard InChI is InChI=1S/C26H39FO/c1-3-4-18-5-6-23-16-22(12-11-21(23)15-18)19-7-9-20(10-8-19)25-14-13-24(28-2)17-26(25)27/h13-14,17-23H,3-12,15-16H2,1-2H3. The highest BCUT2D eigenvalue weighted by atomic mass is 19.1. The van der Waals surface area contributed by atoms with E-state index in [0.717, 1.165) is 48.0 Å². The number of hydrogen-bond acceptors (Lipinski definition) is 1. The predicted molar refractivity (Wildman–Crippen MR) is 114 cm³/mol. The second-order valence-electron chi connectivity index (χ2n) is 10.1. The minimum absolute atomic E-state index is 0.0767. The molecule has 3 aliphatic carbocycles. The third kappa shape index (κ3) is 4.41. The lowest BCUT2D eigenvalue weighted by Crippen LogP contribution is -2.34. The van der Waals surface area contributed by atoms with Gasteiger partial charge in [-0.05, 0) is 105 Å². The molecule has 3 aliphatic rings. The maximum atomic E-state index is 14.5. The van der Waals surface area contributed by atoms with E-state index in [9.17, 15) is 4.39 Å². The number of benzene rings is 1. The van der Waals surface area contributed by atoms with Gasteiger partial charge in [-0.3, -0.25) is 0 Å². The Kier molecular flexibility index (Phi) is 6.63. The molecule has 4 rings (SSSR count). The lowest BCUT2D eigenvalue weighted by Gasteiger charge is -2.45. The highest BCUT2D eigenvalue weighted by molar-refractivity contribution is 5.31. The molecule has 3 fully saturated rings. The van der Waals surface area contributed by atoms with Crippen molar-refractivity contribution >= 4 is 0 Å². The summed E-state index contributed by atoms with van der Waals surface area (Å²) in [4.78, 5) is 0. The van der Waals surface area contributed by atoms with Crippen molar-refractivity contribution in [3.8, 4) is 5.75 Å². The summed E-state index contributed by atoms with van der Waals surface area (Å²) >= 11 is 0. The molecule has 2 heteroatoms. The zero-order valence-electron chi connectivity index (χ0n) is 18.0.